The maximum atomic E-state index is 11.2. The van der Waals surface area contributed by atoms with Crippen LogP contribution in [0.5, 0.6) is 0 Å². The van der Waals surface area contributed by atoms with Crippen LogP contribution in [0.1, 0.15) is 18.4 Å². The molecule has 18 heavy (non-hydrogen) atoms. The molecule has 0 spiro atoms. The van der Waals surface area contributed by atoms with Crippen LogP contribution >= 0.6 is 0 Å². The molecule has 1 heterocycles. The first-order valence-corrected chi connectivity index (χ1v) is 5.93. The Labute approximate surface area is 105 Å². The van der Waals surface area contributed by atoms with E-state index in [1.54, 1.807) is 12.1 Å². The first-order chi connectivity index (χ1) is 8.54. The van der Waals surface area contributed by atoms with Crippen molar-refractivity contribution in [2.24, 2.45) is 0 Å². The number of aryl methyl sites for hydroxylation is 1. The van der Waals surface area contributed by atoms with Crippen LogP contribution in [0.15, 0.2) is 18.2 Å². The van der Waals surface area contributed by atoms with Gasteiger partial charge in [0.15, 0.2) is 0 Å². The molecule has 1 aromatic rings. The summed E-state index contributed by atoms with van der Waals surface area (Å²) in [6, 6.07) is 5.59. The molecule has 2 rings (SSSR count). The molecule has 1 aliphatic rings. The Balaban J connectivity index is 2.19. The van der Waals surface area contributed by atoms with Gasteiger partial charge in [-0.05, 0) is 30.7 Å². The van der Waals surface area contributed by atoms with Crippen LogP contribution in [0.4, 0.5) is 16.2 Å². The van der Waals surface area contributed by atoms with E-state index in [4.69, 9.17) is 5.11 Å². The van der Waals surface area contributed by atoms with Crippen molar-refractivity contribution >= 4 is 23.3 Å². The predicted octanol–water partition coefficient (Wildman–Crippen LogP) is 2.25. The highest BCUT2D eigenvalue weighted by Crippen LogP contribution is 2.24. The fourth-order valence-corrected chi connectivity index (χ4v) is 2.16. The zero-order chi connectivity index (χ0) is 13.1. The number of hydrogen-bond acceptors (Lipinski definition) is 3. The number of amides is 1. The van der Waals surface area contributed by atoms with E-state index in [1.165, 1.54) is 0 Å². The molecule has 0 bridgehead atoms. The van der Waals surface area contributed by atoms with Crippen LogP contribution in [0, 0.1) is 6.92 Å². The number of carbonyl (C=O) groups excluding carboxylic acids is 1. The highest BCUT2D eigenvalue weighted by Gasteiger charge is 2.17. The SMILES string of the molecule is Cc1cc(NC(=O)O)cc(N2CCC(=O)CC2)c1. The zero-order valence-corrected chi connectivity index (χ0v) is 10.3. The van der Waals surface area contributed by atoms with E-state index >= 15 is 0 Å². The van der Waals surface area contributed by atoms with Crippen molar-refractivity contribution in [2.75, 3.05) is 23.3 Å². The molecule has 5 nitrogen and oxygen atoms in total. The summed E-state index contributed by atoms with van der Waals surface area (Å²) < 4.78 is 0. The minimum absolute atomic E-state index is 0.294. The van der Waals surface area contributed by atoms with Gasteiger partial charge < -0.3 is 10.0 Å². The molecule has 5 heteroatoms. The van der Waals surface area contributed by atoms with Crippen LogP contribution in [0.25, 0.3) is 0 Å². The molecule has 0 atom stereocenters. The highest BCUT2D eigenvalue weighted by atomic mass is 16.4. The molecule has 0 aliphatic carbocycles. The summed E-state index contributed by atoms with van der Waals surface area (Å²) in [5.41, 5.74) is 2.52. The largest absolute Gasteiger partial charge is 0.465 e. The van der Waals surface area contributed by atoms with Gasteiger partial charge in [0.25, 0.3) is 0 Å². The Morgan fingerprint density at radius 1 is 1.28 bits per heavy atom. The number of benzene rings is 1. The number of nitrogens with one attached hydrogen (secondary N) is 1. The van der Waals surface area contributed by atoms with E-state index in [9.17, 15) is 9.59 Å². The lowest BCUT2D eigenvalue weighted by Gasteiger charge is -2.28. The molecule has 0 saturated carbocycles. The molecule has 1 aromatic carbocycles. The average molecular weight is 248 g/mol. The van der Waals surface area contributed by atoms with Crippen molar-refractivity contribution in [3.8, 4) is 0 Å². The molecular weight excluding hydrogens is 232 g/mol. The number of piperidine rings is 1. The van der Waals surface area contributed by atoms with Gasteiger partial charge in [0.05, 0.1) is 0 Å². The number of carboxylic acid groups (broad SMARTS) is 1. The van der Waals surface area contributed by atoms with Crippen LogP contribution in [-0.2, 0) is 4.79 Å². The summed E-state index contributed by atoms with van der Waals surface area (Å²) in [5.74, 6) is 0.294. The van der Waals surface area contributed by atoms with E-state index in [0.717, 1.165) is 11.3 Å². The van der Waals surface area contributed by atoms with E-state index < -0.39 is 6.09 Å². The fourth-order valence-electron chi connectivity index (χ4n) is 2.16. The summed E-state index contributed by atoms with van der Waals surface area (Å²) in [5, 5.41) is 11.1. The third-order valence-corrected chi connectivity index (χ3v) is 3.00. The quantitative estimate of drug-likeness (QED) is 0.842. The first kappa shape index (κ1) is 12.4. The van der Waals surface area contributed by atoms with Crippen LogP contribution < -0.4 is 10.2 Å². The monoisotopic (exact) mass is 248 g/mol. The summed E-state index contributed by atoms with van der Waals surface area (Å²) >= 11 is 0. The van der Waals surface area contributed by atoms with Gasteiger partial charge in [0.1, 0.15) is 5.78 Å². The Morgan fingerprint density at radius 2 is 1.94 bits per heavy atom. The number of hydrogen-bond donors (Lipinski definition) is 2. The van der Waals surface area contributed by atoms with Crippen molar-refractivity contribution in [3.63, 3.8) is 0 Å². The Bertz CT molecular complexity index is 475. The third kappa shape index (κ3) is 3.00. The number of ketones is 1. The highest BCUT2D eigenvalue weighted by molar-refractivity contribution is 5.84. The Morgan fingerprint density at radius 3 is 2.56 bits per heavy atom. The third-order valence-electron chi connectivity index (χ3n) is 3.00. The van der Waals surface area contributed by atoms with E-state index in [1.807, 2.05) is 13.0 Å². The van der Waals surface area contributed by atoms with Gasteiger partial charge >= 0.3 is 6.09 Å². The molecule has 96 valence electrons. The number of anilines is 2. The van der Waals surface area contributed by atoms with Gasteiger partial charge in [-0.3, -0.25) is 10.1 Å². The lowest BCUT2D eigenvalue weighted by molar-refractivity contribution is -0.119. The van der Waals surface area contributed by atoms with Crippen molar-refractivity contribution in [1.82, 2.24) is 0 Å². The molecule has 0 aromatic heterocycles. The lowest BCUT2D eigenvalue weighted by atomic mass is 10.1. The molecule has 1 saturated heterocycles. The van der Waals surface area contributed by atoms with E-state index in [0.29, 0.717) is 37.4 Å². The topological polar surface area (TPSA) is 69.6 Å². The van der Waals surface area contributed by atoms with E-state index in [2.05, 4.69) is 10.2 Å². The predicted molar refractivity (Wildman–Crippen MR) is 69.3 cm³/mol. The van der Waals surface area contributed by atoms with Gasteiger partial charge in [-0.15, -0.1) is 0 Å². The maximum absolute atomic E-state index is 11.2. The summed E-state index contributed by atoms with van der Waals surface area (Å²) in [4.78, 5) is 24.0. The second-order valence-corrected chi connectivity index (χ2v) is 4.51. The van der Waals surface area contributed by atoms with Gasteiger partial charge in [-0.2, -0.15) is 0 Å². The van der Waals surface area contributed by atoms with E-state index in [-0.39, 0.29) is 0 Å². The van der Waals surface area contributed by atoms with Crippen molar-refractivity contribution in [1.29, 1.82) is 0 Å². The van der Waals surface area contributed by atoms with Gasteiger partial charge in [0, 0.05) is 37.3 Å². The summed E-state index contributed by atoms with van der Waals surface area (Å²) in [6.45, 7) is 3.33. The Hall–Kier alpha value is -2.04. The Kier molecular flexibility index (Phi) is 3.50. The summed E-state index contributed by atoms with van der Waals surface area (Å²) in [7, 11) is 0. The standard InChI is InChI=1S/C13H16N2O3/c1-9-6-10(14-13(17)18)8-11(7-9)15-4-2-12(16)3-5-15/h6-8,14H,2-5H2,1H3,(H,17,18). The average Bonchev–Trinajstić information content (AvgIpc) is 2.28. The molecular formula is C13H16N2O3. The molecule has 0 radical (unpaired) electrons. The van der Waals surface area contributed by atoms with Crippen LogP contribution in [0.2, 0.25) is 0 Å². The summed E-state index contributed by atoms with van der Waals surface area (Å²) in [6.07, 6.45) is 0.0611. The molecule has 1 amide bonds. The van der Waals surface area contributed by atoms with Gasteiger partial charge in [-0.25, -0.2) is 4.79 Å². The van der Waals surface area contributed by atoms with Crippen molar-refractivity contribution in [2.45, 2.75) is 19.8 Å². The number of nitrogens with zero attached hydrogens (tertiary/aromatic N) is 1. The van der Waals surface area contributed by atoms with Crippen LogP contribution in [0.3, 0.4) is 0 Å². The number of Topliss-reactive ketones (excluding diaryl/α,β-unsaturated/α-hetero) is 1. The van der Waals surface area contributed by atoms with Crippen LogP contribution in [-0.4, -0.2) is 30.1 Å². The maximum Gasteiger partial charge on any atom is 0.409 e. The van der Waals surface area contributed by atoms with Crippen molar-refractivity contribution in [3.05, 3.63) is 23.8 Å². The smallest absolute Gasteiger partial charge is 0.409 e. The zero-order valence-electron chi connectivity index (χ0n) is 10.3. The number of rotatable bonds is 2. The molecule has 1 fully saturated rings. The second kappa shape index (κ2) is 5.08. The lowest BCUT2D eigenvalue weighted by Crippen LogP contribution is -2.33. The molecule has 1 aliphatic heterocycles. The molecule has 0 unspecified atom stereocenters. The fraction of sp³-hybridized carbons (Fsp3) is 0.385. The molecule has 2 N–H and O–H groups in total. The number of carbonyl (C=O) groups is 2. The second-order valence-electron chi connectivity index (χ2n) is 4.51. The van der Waals surface area contributed by atoms with Gasteiger partial charge in [0.2, 0.25) is 0 Å². The first-order valence-electron chi connectivity index (χ1n) is 5.93. The van der Waals surface area contributed by atoms with Crippen molar-refractivity contribution < 1.29 is 14.7 Å². The van der Waals surface area contributed by atoms with Gasteiger partial charge in [-0.1, -0.05) is 0 Å². The normalized spacial score (nSPS) is 15.6. The minimum atomic E-state index is -1.07. The minimum Gasteiger partial charge on any atom is -0.465 e.